The van der Waals surface area contributed by atoms with Crippen molar-refractivity contribution < 1.29 is 19.8 Å². The zero-order valence-electron chi connectivity index (χ0n) is 16.5. The number of allylic oxidation sites excluding steroid dienone is 2. The number of rotatable bonds is 6. The average molecular weight is 382 g/mol. The maximum atomic E-state index is 12.6. The fourth-order valence-electron chi connectivity index (χ4n) is 3.49. The van der Waals surface area contributed by atoms with E-state index in [1.165, 1.54) is 0 Å². The maximum Gasteiger partial charge on any atom is 0.337 e. The van der Waals surface area contributed by atoms with Crippen molar-refractivity contribution in [1.29, 1.82) is 0 Å². The smallest absolute Gasteiger partial charge is 0.337 e. The van der Waals surface area contributed by atoms with Crippen LogP contribution >= 0.6 is 0 Å². The number of carboxylic acids is 1. The highest BCUT2D eigenvalue weighted by atomic mass is 16.4. The summed E-state index contributed by atoms with van der Waals surface area (Å²) in [7, 11) is 0. The van der Waals surface area contributed by atoms with Gasteiger partial charge in [-0.15, -0.1) is 0 Å². The fourth-order valence-corrected chi connectivity index (χ4v) is 3.49. The van der Waals surface area contributed by atoms with Crippen LogP contribution in [0.4, 0.5) is 0 Å². The van der Waals surface area contributed by atoms with Crippen molar-refractivity contribution in [1.82, 2.24) is 9.97 Å². The molecule has 6 nitrogen and oxygen atoms in total. The van der Waals surface area contributed by atoms with Crippen molar-refractivity contribution in [2.45, 2.75) is 52.6 Å². The van der Waals surface area contributed by atoms with Gasteiger partial charge < -0.3 is 15.2 Å². The van der Waals surface area contributed by atoms with Gasteiger partial charge in [0.15, 0.2) is 11.9 Å². The molecule has 0 radical (unpaired) electrons. The number of aliphatic carboxylic acids is 1. The number of aromatic nitrogens is 2. The molecule has 1 aliphatic rings. The van der Waals surface area contributed by atoms with Crippen LogP contribution in [0.3, 0.4) is 0 Å². The van der Waals surface area contributed by atoms with Gasteiger partial charge >= 0.3 is 5.97 Å². The van der Waals surface area contributed by atoms with Gasteiger partial charge in [-0.05, 0) is 59.9 Å². The van der Waals surface area contributed by atoms with Crippen molar-refractivity contribution >= 4 is 17.3 Å². The summed E-state index contributed by atoms with van der Waals surface area (Å²) in [4.78, 5) is 30.9. The number of carbonyl (C=O) groups is 2. The predicted octanol–water partition coefficient (Wildman–Crippen LogP) is 3.86. The van der Waals surface area contributed by atoms with E-state index < -0.39 is 12.1 Å². The molecule has 0 spiro atoms. The van der Waals surface area contributed by atoms with Crippen molar-refractivity contribution in [3.05, 3.63) is 58.7 Å². The Morgan fingerprint density at radius 1 is 1.32 bits per heavy atom. The molecule has 28 heavy (non-hydrogen) atoms. The van der Waals surface area contributed by atoms with E-state index in [1.807, 2.05) is 6.92 Å². The summed E-state index contributed by atoms with van der Waals surface area (Å²) in [6.07, 6.45) is 5.13. The summed E-state index contributed by atoms with van der Waals surface area (Å²) < 4.78 is 0. The van der Waals surface area contributed by atoms with E-state index in [9.17, 15) is 14.7 Å². The minimum absolute atomic E-state index is 0.127. The topological polar surface area (TPSA) is 103 Å². The Kier molecular flexibility index (Phi) is 5.52. The minimum Gasteiger partial charge on any atom is -0.479 e. The van der Waals surface area contributed by atoms with Crippen LogP contribution in [-0.2, 0) is 11.2 Å². The maximum absolute atomic E-state index is 12.6. The number of aliphatic hydroxyl groups excluding tert-OH is 1. The number of H-pyrrole nitrogens is 1. The normalized spacial score (nSPS) is 17.1. The van der Waals surface area contributed by atoms with Crippen LogP contribution in [0.1, 0.15) is 72.2 Å². The summed E-state index contributed by atoms with van der Waals surface area (Å²) in [5, 5.41) is 19.1. The molecule has 1 aliphatic carbocycles. The lowest BCUT2D eigenvalue weighted by atomic mass is 9.76. The number of ketones is 1. The highest BCUT2D eigenvalue weighted by Crippen LogP contribution is 2.39. The minimum atomic E-state index is -1.59. The van der Waals surface area contributed by atoms with Gasteiger partial charge in [0.25, 0.3) is 0 Å². The van der Waals surface area contributed by atoms with Crippen LogP contribution in [0.5, 0.6) is 0 Å². The third-order valence-electron chi connectivity index (χ3n) is 5.32. The Balaban J connectivity index is 1.97. The van der Waals surface area contributed by atoms with Gasteiger partial charge in [-0.3, -0.25) is 4.79 Å². The first kappa shape index (κ1) is 20.0. The zero-order valence-corrected chi connectivity index (χ0v) is 16.5. The molecule has 2 aromatic rings. The number of aryl methyl sites for hydroxylation is 1. The second-order valence-electron chi connectivity index (χ2n) is 8.27. The SMILES string of the molecule is Cc1cnc(C(=O)Cc2ccc(C(O)C(=O)O)cc2C2=CCC(C)(C)CC2)[nH]1. The molecular formula is C22H26N2O4. The van der Waals surface area contributed by atoms with Crippen molar-refractivity contribution in [2.24, 2.45) is 5.41 Å². The Bertz CT molecular complexity index is 940. The fraction of sp³-hybridized carbons (Fsp3) is 0.409. The first-order valence-corrected chi connectivity index (χ1v) is 9.44. The van der Waals surface area contributed by atoms with Crippen molar-refractivity contribution in [3.63, 3.8) is 0 Å². The number of benzene rings is 1. The van der Waals surface area contributed by atoms with Gasteiger partial charge in [0.05, 0.1) is 0 Å². The average Bonchev–Trinajstić information content (AvgIpc) is 3.08. The molecule has 0 saturated carbocycles. The highest BCUT2D eigenvalue weighted by Gasteiger charge is 2.25. The first-order valence-electron chi connectivity index (χ1n) is 9.44. The largest absolute Gasteiger partial charge is 0.479 e. The van der Waals surface area contributed by atoms with E-state index in [0.717, 1.165) is 41.7 Å². The second-order valence-corrected chi connectivity index (χ2v) is 8.27. The number of nitrogens with zero attached hydrogens (tertiary/aromatic N) is 1. The number of Topliss-reactive ketones (excluding diaryl/α,β-unsaturated/α-hetero) is 1. The molecule has 3 rings (SSSR count). The van der Waals surface area contributed by atoms with Gasteiger partial charge in [-0.1, -0.05) is 32.1 Å². The van der Waals surface area contributed by atoms with E-state index in [-0.39, 0.29) is 17.6 Å². The van der Waals surface area contributed by atoms with Crippen molar-refractivity contribution in [2.75, 3.05) is 0 Å². The Labute approximate surface area is 164 Å². The number of carboxylic acid groups (broad SMARTS) is 1. The molecule has 0 fully saturated rings. The van der Waals surface area contributed by atoms with Crippen LogP contribution in [0, 0.1) is 12.3 Å². The lowest BCUT2D eigenvalue weighted by Gasteiger charge is -2.29. The quantitative estimate of drug-likeness (QED) is 0.658. The summed E-state index contributed by atoms with van der Waals surface area (Å²) in [5.74, 6) is -1.10. The number of aromatic amines is 1. The number of imidazole rings is 1. The molecule has 6 heteroatoms. The van der Waals surface area contributed by atoms with Gasteiger partial charge in [-0.25, -0.2) is 9.78 Å². The molecule has 1 heterocycles. The van der Waals surface area contributed by atoms with Crippen LogP contribution in [0.2, 0.25) is 0 Å². The number of hydrogen-bond acceptors (Lipinski definition) is 4. The Morgan fingerprint density at radius 3 is 2.64 bits per heavy atom. The molecule has 148 valence electrons. The molecule has 1 unspecified atom stereocenters. The molecule has 0 aliphatic heterocycles. The van der Waals surface area contributed by atoms with Gasteiger partial charge in [0.2, 0.25) is 5.78 Å². The summed E-state index contributed by atoms with van der Waals surface area (Å²) in [6.45, 7) is 6.27. The summed E-state index contributed by atoms with van der Waals surface area (Å²) >= 11 is 0. The molecule has 0 saturated heterocycles. The predicted molar refractivity (Wildman–Crippen MR) is 106 cm³/mol. The third kappa shape index (κ3) is 4.39. The summed E-state index contributed by atoms with van der Waals surface area (Å²) in [6, 6.07) is 5.02. The zero-order chi connectivity index (χ0) is 20.5. The van der Waals surface area contributed by atoms with Crippen LogP contribution in [0.25, 0.3) is 5.57 Å². The Morgan fingerprint density at radius 2 is 2.07 bits per heavy atom. The molecule has 1 aromatic heterocycles. The molecule has 3 N–H and O–H groups in total. The lowest BCUT2D eigenvalue weighted by Crippen LogP contribution is -2.16. The van der Waals surface area contributed by atoms with Gasteiger partial charge in [0, 0.05) is 18.3 Å². The summed E-state index contributed by atoms with van der Waals surface area (Å²) in [5.41, 5.74) is 4.11. The highest BCUT2D eigenvalue weighted by molar-refractivity contribution is 5.95. The third-order valence-corrected chi connectivity index (χ3v) is 5.32. The number of aliphatic hydroxyl groups is 1. The first-order chi connectivity index (χ1) is 13.2. The van der Waals surface area contributed by atoms with Crippen LogP contribution in [-0.4, -0.2) is 31.9 Å². The number of carbonyl (C=O) groups excluding carboxylic acids is 1. The molecule has 0 amide bonds. The number of hydrogen-bond donors (Lipinski definition) is 3. The van der Waals surface area contributed by atoms with E-state index in [0.29, 0.717) is 11.4 Å². The van der Waals surface area contributed by atoms with E-state index >= 15 is 0 Å². The van der Waals surface area contributed by atoms with E-state index in [4.69, 9.17) is 5.11 Å². The van der Waals surface area contributed by atoms with E-state index in [1.54, 1.807) is 24.4 Å². The molecule has 1 atom stereocenters. The van der Waals surface area contributed by atoms with Crippen LogP contribution in [0.15, 0.2) is 30.5 Å². The standard InChI is InChI=1S/C22H26N2O4/c1-13-12-23-20(24-13)18(25)11-15-4-5-16(19(26)21(27)28)10-17(15)14-6-8-22(2,3)9-7-14/h4-6,10,12,19,26H,7-9,11H2,1-3H3,(H,23,24)(H,27,28). The molecule has 1 aromatic carbocycles. The van der Waals surface area contributed by atoms with Crippen molar-refractivity contribution in [3.8, 4) is 0 Å². The van der Waals surface area contributed by atoms with Gasteiger partial charge in [0.1, 0.15) is 0 Å². The molecule has 0 bridgehead atoms. The van der Waals surface area contributed by atoms with Gasteiger partial charge in [-0.2, -0.15) is 0 Å². The van der Waals surface area contributed by atoms with Crippen LogP contribution < -0.4 is 0 Å². The number of nitrogens with one attached hydrogen (secondary N) is 1. The monoisotopic (exact) mass is 382 g/mol. The molecular weight excluding hydrogens is 356 g/mol. The van der Waals surface area contributed by atoms with E-state index in [2.05, 4.69) is 29.9 Å². The lowest BCUT2D eigenvalue weighted by molar-refractivity contribution is -0.146. The Hall–Kier alpha value is -2.73. The second kappa shape index (κ2) is 7.72.